The molecule has 0 unspecified atom stereocenters. The monoisotopic (exact) mass is 348 g/mol. The van der Waals surface area contributed by atoms with Gasteiger partial charge in [-0.15, -0.1) is 0 Å². The second kappa shape index (κ2) is 8.62. The molecule has 2 N–H and O–H groups in total. The number of rotatable bonds is 7. The number of nitrogens with one attached hydrogen (secondary N) is 2. The number of para-hydroxylation sites is 1. The summed E-state index contributed by atoms with van der Waals surface area (Å²) in [6.07, 6.45) is 5.05. The third-order valence-electron chi connectivity index (χ3n) is 3.85. The minimum atomic E-state index is -0.156. The molecule has 3 rings (SSSR count). The van der Waals surface area contributed by atoms with E-state index in [0.29, 0.717) is 24.5 Å². The first-order chi connectivity index (χ1) is 12.8. The van der Waals surface area contributed by atoms with Gasteiger partial charge in [0, 0.05) is 42.8 Å². The Morgan fingerprint density at radius 2 is 1.96 bits per heavy atom. The number of anilines is 1. The molecule has 6 heteroatoms. The summed E-state index contributed by atoms with van der Waals surface area (Å²) in [7, 11) is 1.64. The summed E-state index contributed by atoms with van der Waals surface area (Å²) in [6, 6.07) is 14.9. The highest BCUT2D eigenvalue weighted by molar-refractivity contribution is 5.94. The average molecular weight is 348 g/mol. The van der Waals surface area contributed by atoms with Crippen molar-refractivity contribution < 1.29 is 9.53 Å². The molecular weight excluding hydrogens is 328 g/mol. The van der Waals surface area contributed by atoms with Crippen LogP contribution in [0.25, 0.3) is 0 Å². The Balaban J connectivity index is 1.61. The maximum Gasteiger partial charge on any atom is 0.251 e. The number of hydrogen-bond donors (Lipinski definition) is 2. The van der Waals surface area contributed by atoms with Crippen LogP contribution in [0.3, 0.4) is 0 Å². The molecule has 6 nitrogen and oxygen atoms in total. The van der Waals surface area contributed by atoms with Gasteiger partial charge in [-0.2, -0.15) is 0 Å². The molecule has 0 aliphatic heterocycles. The van der Waals surface area contributed by atoms with Gasteiger partial charge in [0.1, 0.15) is 11.6 Å². The van der Waals surface area contributed by atoms with Gasteiger partial charge in [0.2, 0.25) is 0 Å². The van der Waals surface area contributed by atoms with Crippen molar-refractivity contribution in [2.45, 2.75) is 13.1 Å². The molecule has 1 aromatic carbocycles. The van der Waals surface area contributed by atoms with Gasteiger partial charge in [0.25, 0.3) is 5.91 Å². The van der Waals surface area contributed by atoms with Crippen LogP contribution in [0.2, 0.25) is 0 Å². The Bertz CT molecular complexity index is 868. The number of benzene rings is 1. The van der Waals surface area contributed by atoms with E-state index < -0.39 is 0 Å². The quantitative estimate of drug-likeness (QED) is 0.686. The molecule has 0 radical (unpaired) electrons. The van der Waals surface area contributed by atoms with Gasteiger partial charge < -0.3 is 15.4 Å². The summed E-state index contributed by atoms with van der Waals surface area (Å²) >= 11 is 0. The van der Waals surface area contributed by atoms with Crippen molar-refractivity contribution in [1.82, 2.24) is 15.3 Å². The first-order valence-corrected chi connectivity index (χ1v) is 8.25. The van der Waals surface area contributed by atoms with Crippen molar-refractivity contribution in [3.05, 3.63) is 83.8 Å². The Labute approximate surface area is 152 Å². The van der Waals surface area contributed by atoms with Crippen LogP contribution < -0.4 is 15.4 Å². The molecular formula is C20H20N4O2. The van der Waals surface area contributed by atoms with Crippen LogP contribution in [0, 0.1) is 0 Å². The molecule has 0 bridgehead atoms. The second-order valence-corrected chi connectivity index (χ2v) is 5.64. The topological polar surface area (TPSA) is 76.1 Å². The minimum Gasteiger partial charge on any atom is -0.496 e. The molecule has 1 amide bonds. The molecule has 0 fully saturated rings. The van der Waals surface area contributed by atoms with Gasteiger partial charge in [0.05, 0.1) is 7.11 Å². The lowest BCUT2D eigenvalue weighted by Gasteiger charge is -2.11. The number of carbonyl (C=O) groups is 1. The molecule has 0 atom stereocenters. The number of carbonyl (C=O) groups excluding carboxylic acids is 1. The zero-order valence-corrected chi connectivity index (χ0v) is 14.5. The molecule has 2 heterocycles. The van der Waals surface area contributed by atoms with Crippen molar-refractivity contribution in [2.24, 2.45) is 0 Å². The summed E-state index contributed by atoms with van der Waals surface area (Å²) < 4.78 is 5.34. The third-order valence-corrected chi connectivity index (χ3v) is 3.85. The van der Waals surface area contributed by atoms with Crippen LogP contribution in [-0.4, -0.2) is 23.0 Å². The van der Waals surface area contributed by atoms with Gasteiger partial charge in [0.15, 0.2) is 0 Å². The summed E-state index contributed by atoms with van der Waals surface area (Å²) in [6.45, 7) is 0.983. The molecule has 0 aliphatic rings. The van der Waals surface area contributed by atoms with Gasteiger partial charge in [-0.25, -0.2) is 4.98 Å². The standard InChI is InChI=1S/C20H20N4O2/c1-26-18-7-3-2-6-17(18)14-23-19-11-16(8-10-22-19)20(25)24-13-15-5-4-9-21-12-15/h2-12H,13-14H2,1H3,(H,22,23)(H,24,25). The lowest BCUT2D eigenvalue weighted by atomic mass is 10.2. The van der Waals surface area contributed by atoms with Crippen molar-refractivity contribution in [1.29, 1.82) is 0 Å². The first-order valence-electron chi connectivity index (χ1n) is 8.25. The van der Waals surface area contributed by atoms with E-state index in [-0.39, 0.29) is 5.91 Å². The zero-order chi connectivity index (χ0) is 18.2. The summed E-state index contributed by atoms with van der Waals surface area (Å²) in [5, 5.41) is 6.10. The molecule has 3 aromatic rings. The van der Waals surface area contributed by atoms with Gasteiger partial charge in [-0.3, -0.25) is 9.78 Å². The molecule has 2 aromatic heterocycles. The Morgan fingerprint density at radius 1 is 1.08 bits per heavy atom. The number of ether oxygens (including phenoxy) is 1. The second-order valence-electron chi connectivity index (χ2n) is 5.64. The van der Waals surface area contributed by atoms with Crippen LogP contribution in [-0.2, 0) is 13.1 Å². The Hall–Kier alpha value is -3.41. The van der Waals surface area contributed by atoms with E-state index in [1.807, 2.05) is 36.4 Å². The highest BCUT2D eigenvalue weighted by atomic mass is 16.5. The van der Waals surface area contributed by atoms with E-state index in [0.717, 1.165) is 16.9 Å². The fraction of sp³-hybridized carbons (Fsp3) is 0.150. The van der Waals surface area contributed by atoms with E-state index in [1.54, 1.807) is 37.8 Å². The molecule has 132 valence electrons. The molecule has 26 heavy (non-hydrogen) atoms. The van der Waals surface area contributed by atoms with Crippen LogP contribution in [0.1, 0.15) is 21.5 Å². The number of pyridine rings is 2. The summed E-state index contributed by atoms with van der Waals surface area (Å²) in [5.41, 5.74) is 2.51. The number of methoxy groups -OCH3 is 1. The van der Waals surface area contributed by atoms with Crippen LogP contribution >= 0.6 is 0 Å². The maximum absolute atomic E-state index is 12.3. The van der Waals surface area contributed by atoms with Crippen molar-refractivity contribution in [2.75, 3.05) is 12.4 Å². The van der Waals surface area contributed by atoms with Crippen molar-refractivity contribution >= 4 is 11.7 Å². The maximum atomic E-state index is 12.3. The smallest absolute Gasteiger partial charge is 0.251 e. The van der Waals surface area contributed by atoms with Crippen LogP contribution in [0.15, 0.2) is 67.1 Å². The fourth-order valence-electron chi connectivity index (χ4n) is 2.49. The Kier molecular flexibility index (Phi) is 5.77. The Morgan fingerprint density at radius 3 is 2.77 bits per heavy atom. The third kappa shape index (κ3) is 4.57. The molecule has 0 aliphatic carbocycles. The number of hydrogen-bond acceptors (Lipinski definition) is 5. The van der Waals surface area contributed by atoms with E-state index in [4.69, 9.17) is 4.74 Å². The zero-order valence-electron chi connectivity index (χ0n) is 14.5. The van der Waals surface area contributed by atoms with Crippen molar-refractivity contribution in [3.8, 4) is 5.75 Å². The molecule has 0 spiro atoms. The molecule has 0 saturated carbocycles. The highest BCUT2D eigenvalue weighted by Gasteiger charge is 2.08. The fourth-order valence-corrected chi connectivity index (χ4v) is 2.49. The minimum absolute atomic E-state index is 0.156. The SMILES string of the molecule is COc1ccccc1CNc1cc(C(=O)NCc2cccnc2)ccn1. The lowest BCUT2D eigenvalue weighted by molar-refractivity contribution is 0.0951. The van der Waals surface area contributed by atoms with Gasteiger partial charge in [-0.1, -0.05) is 24.3 Å². The number of amides is 1. The summed E-state index contributed by atoms with van der Waals surface area (Å²) in [5.74, 6) is 1.28. The lowest BCUT2D eigenvalue weighted by Crippen LogP contribution is -2.23. The largest absolute Gasteiger partial charge is 0.496 e. The predicted molar refractivity (Wildman–Crippen MR) is 100.0 cm³/mol. The normalized spacial score (nSPS) is 10.2. The molecule has 0 saturated heterocycles. The van der Waals surface area contributed by atoms with Crippen LogP contribution in [0.5, 0.6) is 5.75 Å². The summed E-state index contributed by atoms with van der Waals surface area (Å²) in [4.78, 5) is 20.6. The van der Waals surface area contributed by atoms with Crippen molar-refractivity contribution in [3.63, 3.8) is 0 Å². The van der Waals surface area contributed by atoms with E-state index in [9.17, 15) is 4.79 Å². The van der Waals surface area contributed by atoms with Crippen LogP contribution in [0.4, 0.5) is 5.82 Å². The predicted octanol–water partition coefficient (Wildman–Crippen LogP) is 3.03. The van der Waals surface area contributed by atoms with Gasteiger partial charge in [-0.05, 0) is 29.8 Å². The van der Waals surface area contributed by atoms with Gasteiger partial charge >= 0.3 is 0 Å². The number of aromatic nitrogens is 2. The highest BCUT2D eigenvalue weighted by Crippen LogP contribution is 2.18. The first kappa shape index (κ1) is 17.4. The van der Waals surface area contributed by atoms with E-state index in [2.05, 4.69) is 20.6 Å². The average Bonchev–Trinajstić information content (AvgIpc) is 2.71. The number of nitrogens with zero attached hydrogens (tertiary/aromatic N) is 2. The van der Waals surface area contributed by atoms with E-state index in [1.165, 1.54) is 0 Å². The van der Waals surface area contributed by atoms with E-state index >= 15 is 0 Å².